The van der Waals surface area contributed by atoms with Crippen LogP contribution in [0.1, 0.15) is 5.56 Å². The zero-order valence-corrected chi connectivity index (χ0v) is 19.0. The van der Waals surface area contributed by atoms with Crippen LogP contribution in [0, 0.1) is 6.92 Å². The molecule has 4 aromatic carbocycles. The quantitative estimate of drug-likeness (QED) is 0.255. The third-order valence-electron chi connectivity index (χ3n) is 6.87. The normalized spacial score (nSPS) is 11.8. The van der Waals surface area contributed by atoms with Gasteiger partial charge in [-0.1, -0.05) is 54.6 Å². The van der Waals surface area contributed by atoms with Gasteiger partial charge in [0.15, 0.2) is 6.20 Å². The number of fused-ring (bicyclic) bond motifs is 6. The van der Waals surface area contributed by atoms with Gasteiger partial charge in [0.25, 0.3) is 0 Å². The number of benzene rings is 4. The Hall–Kier alpha value is -4.37. The number of aryl methyl sites for hydroxylation is 2. The Balaban J connectivity index is 1.52. The highest BCUT2D eigenvalue weighted by Gasteiger charge is 2.21. The summed E-state index contributed by atoms with van der Waals surface area (Å²) in [5.74, 6) is 0. The van der Waals surface area contributed by atoms with Crippen molar-refractivity contribution >= 4 is 43.9 Å². The number of para-hydroxylation sites is 2. The minimum atomic E-state index is 0.899. The van der Waals surface area contributed by atoms with Crippen LogP contribution < -0.4 is 4.57 Å². The van der Waals surface area contributed by atoms with E-state index in [1.54, 1.807) is 0 Å². The summed E-state index contributed by atoms with van der Waals surface area (Å²) in [6, 6.07) is 31.6. The molecule has 0 amide bonds. The summed E-state index contributed by atoms with van der Waals surface area (Å²) in [5, 5.41) is 4.51. The molecule has 0 radical (unpaired) electrons. The molecular formula is C31H22NO2+. The van der Waals surface area contributed by atoms with Gasteiger partial charge in [0.1, 0.15) is 29.4 Å². The molecule has 3 heteroatoms. The van der Waals surface area contributed by atoms with Crippen LogP contribution in [0.15, 0.2) is 106 Å². The molecule has 0 fully saturated rings. The number of aromatic nitrogens is 1. The van der Waals surface area contributed by atoms with E-state index < -0.39 is 0 Å². The number of nitrogens with zero attached hydrogens (tertiary/aromatic N) is 1. The van der Waals surface area contributed by atoms with E-state index in [0.717, 1.165) is 66.3 Å². The molecular weight excluding hydrogens is 418 g/mol. The second-order valence-electron chi connectivity index (χ2n) is 8.92. The first-order valence-electron chi connectivity index (χ1n) is 11.5. The molecule has 0 aliphatic heterocycles. The lowest BCUT2D eigenvalue weighted by Gasteiger charge is -2.05. The highest BCUT2D eigenvalue weighted by molar-refractivity contribution is 6.14. The molecule has 0 atom stereocenters. The Morgan fingerprint density at radius 3 is 2.32 bits per heavy atom. The zero-order chi connectivity index (χ0) is 22.8. The Morgan fingerprint density at radius 2 is 1.41 bits per heavy atom. The fourth-order valence-electron chi connectivity index (χ4n) is 5.18. The SMILES string of the molecule is Cc1ccc2c(oc3c(-c4ccc5oc6ccccc6c5c4)cccc32)c1-c1cccc[n+]1C. The Labute approximate surface area is 196 Å². The second kappa shape index (κ2) is 7.06. The molecule has 0 saturated heterocycles. The van der Waals surface area contributed by atoms with Crippen molar-refractivity contribution in [2.24, 2.45) is 7.05 Å². The smallest absolute Gasteiger partial charge is 0.216 e. The predicted octanol–water partition coefficient (Wildman–Crippen LogP) is 7.95. The van der Waals surface area contributed by atoms with E-state index in [1.165, 1.54) is 5.56 Å². The van der Waals surface area contributed by atoms with Crippen molar-refractivity contribution in [3.05, 3.63) is 103 Å². The summed E-state index contributed by atoms with van der Waals surface area (Å²) < 4.78 is 14.9. The maximum atomic E-state index is 6.70. The van der Waals surface area contributed by atoms with E-state index in [4.69, 9.17) is 8.83 Å². The lowest BCUT2D eigenvalue weighted by atomic mass is 9.98. The van der Waals surface area contributed by atoms with Crippen molar-refractivity contribution in [2.45, 2.75) is 6.92 Å². The third kappa shape index (κ3) is 2.67. The Bertz CT molecular complexity index is 1890. The van der Waals surface area contributed by atoms with Gasteiger partial charge in [-0.05, 0) is 42.3 Å². The van der Waals surface area contributed by atoms with Crippen LogP contribution in [0.2, 0.25) is 0 Å². The molecule has 0 aliphatic rings. The summed E-state index contributed by atoms with van der Waals surface area (Å²) in [6.45, 7) is 2.15. The van der Waals surface area contributed by atoms with Gasteiger partial charge in [-0.2, -0.15) is 0 Å². The monoisotopic (exact) mass is 440 g/mol. The summed E-state index contributed by atoms with van der Waals surface area (Å²) in [6.07, 6.45) is 2.08. The highest BCUT2D eigenvalue weighted by atomic mass is 16.3. The molecule has 0 N–H and O–H groups in total. The number of hydrogen-bond donors (Lipinski definition) is 0. The molecule has 7 aromatic rings. The van der Waals surface area contributed by atoms with Crippen LogP contribution in [0.25, 0.3) is 66.3 Å². The number of pyridine rings is 1. The van der Waals surface area contributed by atoms with Gasteiger partial charge in [-0.3, -0.25) is 0 Å². The van der Waals surface area contributed by atoms with E-state index in [-0.39, 0.29) is 0 Å². The average Bonchev–Trinajstić information content (AvgIpc) is 3.42. The molecule has 3 nitrogen and oxygen atoms in total. The molecule has 0 spiro atoms. The topological polar surface area (TPSA) is 30.2 Å². The first kappa shape index (κ1) is 19.1. The van der Waals surface area contributed by atoms with Gasteiger partial charge in [0.05, 0.1) is 5.56 Å². The lowest BCUT2D eigenvalue weighted by molar-refractivity contribution is -0.660. The van der Waals surface area contributed by atoms with E-state index in [0.29, 0.717) is 0 Å². The Kier molecular flexibility index (Phi) is 3.97. The van der Waals surface area contributed by atoms with E-state index in [1.807, 2.05) is 18.2 Å². The number of furan rings is 2. The van der Waals surface area contributed by atoms with Crippen molar-refractivity contribution in [2.75, 3.05) is 0 Å². The lowest BCUT2D eigenvalue weighted by Crippen LogP contribution is -2.30. The minimum absolute atomic E-state index is 0.899. The molecule has 3 heterocycles. The van der Waals surface area contributed by atoms with Gasteiger partial charge in [-0.25, -0.2) is 4.57 Å². The number of rotatable bonds is 2. The zero-order valence-electron chi connectivity index (χ0n) is 19.0. The van der Waals surface area contributed by atoms with Crippen molar-refractivity contribution in [3.63, 3.8) is 0 Å². The summed E-state index contributed by atoms with van der Waals surface area (Å²) in [7, 11) is 2.08. The molecule has 3 aromatic heterocycles. The van der Waals surface area contributed by atoms with Crippen LogP contribution in [-0.4, -0.2) is 0 Å². The van der Waals surface area contributed by atoms with Gasteiger partial charge in [0.2, 0.25) is 5.69 Å². The largest absolute Gasteiger partial charge is 0.456 e. The van der Waals surface area contributed by atoms with Crippen molar-refractivity contribution in [1.29, 1.82) is 0 Å². The molecule has 0 unspecified atom stereocenters. The van der Waals surface area contributed by atoms with Gasteiger partial charge in [-0.15, -0.1) is 0 Å². The molecule has 34 heavy (non-hydrogen) atoms. The molecule has 0 aliphatic carbocycles. The molecule has 0 saturated carbocycles. The maximum Gasteiger partial charge on any atom is 0.216 e. The molecule has 0 bridgehead atoms. The van der Waals surface area contributed by atoms with Gasteiger partial charge < -0.3 is 8.83 Å². The van der Waals surface area contributed by atoms with Crippen molar-refractivity contribution in [1.82, 2.24) is 0 Å². The highest BCUT2D eigenvalue weighted by Crippen LogP contribution is 2.41. The predicted molar refractivity (Wildman–Crippen MR) is 138 cm³/mol. The first-order chi connectivity index (χ1) is 16.7. The maximum absolute atomic E-state index is 6.70. The van der Waals surface area contributed by atoms with Gasteiger partial charge >= 0.3 is 0 Å². The van der Waals surface area contributed by atoms with Gasteiger partial charge in [0, 0.05) is 39.2 Å². The second-order valence-corrected chi connectivity index (χ2v) is 8.92. The summed E-state index contributed by atoms with van der Waals surface area (Å²) in [5.41, 5.74) is 9.32. The minimum Gasteiger partial charge on any atom is -0.456 e. The average molecular weight is 441 g/mol. The van der Waals surface area contributed by atoms with E-state index in [9.17, 15) is 0 Å². The van der Waals surface area contributed by atoms with Crippen LogP contribution in [0.3, 0.4) is 0 Å². The van der Waals surface area contributed by atoms with Crippen LogP contribution in [0.5, 0.6) is 0 Å². The summed E-state index contributed by atoms with van der Waals surface area (Å²) in [4.78, 5) is 0. The third-order valence-corrected chi connectivity index (χ3v) is 6.87. The van der Waals surface area contributed by atoms with E-state index in [2.05, 4.69) is 97.5 Å². The van der Waals surface area contributed by atoms with Crippen LogP contribution in [0.4, 0.5) is 0 Å². The first-order valence-corrected chi connectivity index (χ1v) is 11.5. The molecule has 162 valence electrons. The Morgan fingerprint density at radius 1 is 0.618 bits per heavy atom. The standard InChI is InChI=1S/C31H22NO2/c1-19-13-15-24-23-10-7-9-21(30(23)34-31(24)29(19)26-11-5-6-17-32(26)2)20-14-16-28-25(18-20)22-8-3-4-12-27(22)33-28/h3-18H,1-2H3/q+1. The number of hydrogen-bond acceptors (Lipinski definition) is 2. The fraction of sp³-hybridized carbons (Fsp3) is 0.0645. The summed E-state index contributed by atoms with van der Waals surface area (Å²) >= 11 is 0. The van der Waals surface area contributed by atoms with E-state index >= 15 is 0 Å². The van der Waals surface area contributed by atoms with Crippen LogP contribution >= 0.6 is 0 Å². The van der Waals surface area contributed by atoms with Crippen molar-refractivity contribution < 1.29 is 13.4 Å². The fourth-order valence-corrected chi connectivity index (χ4v) is 5.18. The van der Waals surface area contributed by atoms with Crippen LogP contribution in [-0.2, 0) is 7.05 Å². The van der Waals surface area contributed by atoms with Crippen molar-refractivity contribution in [3.8, 4) is 22.4 Å². The molecule has 7 rings (SSSR count).